The predicted molar refractivity (Wildman–Crippen MR) is 91.4 cm³/mol. The van der Waals surface area contributed by atoms with E-state index in [1.54, 1.807) is 12.1 Å². The summed E-state index contributed by atoms with van der Waals surface area (Å²) in [5, 5.41) is 2.17. The van der Waals surface area contributed by atoms with E-state index >= 15 is 0 Å². The average Bonchev–Trinajstić information content (AvgIpc) is 2.85. The fourth-order valence-electron chi connectivity index (χ4n) is 3.70. The Morgan fingerprint density at radius 3 is 2.52 bits per heavy atom. The molecule has 4 rings (SSSR count). The van der Waals surface area contributed by atoms with Crippen LogP contribution in [0.4, 0.5) is 5.69 Å². The minimum Gasteiger partial charge on any atom is -0.496 e. The Balaban J connectivity index is 1.69. The van der Waals surface area contributed by atoms with E-state index in [9.17, 15) is 24.0 Å². The second-order valence-electron chi connectivity index (χ2n) is 6.82. The Morgan fingerprint density at radius 1 is 1.15 bits per heavy atom. The van der Waals surface area contributed by atoms with E-state index in [-0.39, 0.29) is 35.6 Å². The molecule has 0 radical (unpaired) electrons. The zero-order valence-electron chi connectivity index (χ0n) is 14.6. The Labute approximate surface area is 154 Å². The molecule has 0 saturated carbocycles. The molecule has 9 nitrogen and oxygen atoms in total. The number of amides is 4. The van der Waals surface area contributed by atoms with Gasteiger partial charge in [-0.2, -0.15) is 0 Å². The maximum absolute atomic E-state index is 12.9. The standard InChI is InChI=1S/C18H17N3O6/c1-27-13-5-10(20-6-9(7-20)8-22)4-11-15(13)18(26)21(17(11)25)12-2-3-14(23)19-16(12)24/h4-5,8-9,12H,2-3,6-7H2,1H3,(H,19,23,24). The van der Waals surface area contributed by atoms with Crippen molar-refractivity contribution < 1.29 is 28.7 Å². The zero-order chi connectivity index (χ0) is 19.3. The van der Waals surface area contributed by atoms with Crippen molar-refractivity contribution in [2.24, 2.45) is 5.92 Å². The number of ether oxygens (including phenoxy) is 1. The van der Waals surface area contributed by atoms with E-state index in [0.717, 1.165) is 11.2 Å². The summed E-state index contributed by atoms with van der Waals surface area (Å²) in [5.74, 6) is -2.09. The van der Waals surface area contributed by atoms with Gasteiger partial charge >= 0.3 is 0 Å². The van der Waals surface area contributed by atoms with Gasteiger partial charge in [0.05, 0.1) is 18.2 Å². The molecule has 4 amide bonds. The monoisotopic (exact) mass is 371 g/mol. The van der Waals surface area contributed by atoms with Crippen molar-refractivity contribution in [3.63, 3.8) is 0 Å². The summed E-state index contributed by atoms with van der Waals surface area (Å²) in [4.78, 5) is 62.9. The van der Waals surface area contributed by atoms with Crippen LogP contribution in [0.25, 0.3) is 0 Å². The largest absolute Gasteiger partial charge is 0.496 e. The molecule has 1 N–H and O–H groups in total. The van der Waals surface area contributed by atoms with Crippen LogP contribution in [0, 0.1) is 5.92 Å². The Kier molecular flexibility index (Phi) is 3.94. The number of methoxy groups -OCH3 is 1. The summed E-state index contributed by atoms with van der Waals surface area (Å²) in [7, 11) is 1.40. The van der Waals surface area contributed by atoms with E-state index in [1.165, 1.54) is 7.11 Å². The lowest BCUT2D eigenvalue weighted by Crippen LogP contribution is -2.54. The van der Waals surface area contributed by atoms with Crippen LogP contribution in [-0.4, -0.2) is 61.1 Å². The molecule has 2 saturated heterocycles. The highest BCUT2D eigenvalue weighted by atomic mass is 16.5. The molecule has 9 heteroatoms. The van der Waals surface area contributed by atoms with Gasteiger partial charge < -0.3 is 14.4 Å². The lowest BCUT2D eigenvalue weighted by Gasteiger charge is -2.38. The number of fused-ring (bicyclic) bond motifs is 1. The third-order valence-corrected chi connectivity index (χ3v) is 5.18. The van der Waals surface area contributed by atoms with Crippen molar-refractivity contribution in [2.45, 2.75) is 18.9 Å². The van der Waals surface area contributed by atoms with Crippen LogP contribution in [0.3, 0.4) is 0 Å². The molecular weight excluding hydrogens is 354 g/mol. The summed E-state index contributed by atoms with van der Waals surface area (Å²) in [6.45, 7) is 1.06. The summed E-state index contributed by atoms with van der Waals surface area (Å²) < 4.78 is 5.32. The normalized spacial score (nSPS) is 22.5. The van der Waals surface area contributed by atoms with Crippen LogP contribution in [0.15, 0.2) is 12.1 Å². The first-order valence-corrected chi connectivity index (χ1v) is 8.58. The number of hydrogen-bond donors (Lipinski definition) is 1. The fraction of sp³-hybridized carbons (Fsp3) is 0.389. The Morgan fingerprint density at radius 2 is 1.89 bits per heavy atom. The lowest BCUT2D eigenvalue weighted by molar-refractivity contribution is -0.136. The predicted octanol–water partition coefficient (Wildman–Crippen LogP) is -0.268. The van der Waals surface area contributed by atoms with Gasteiger partial charge in [0.25, 0.3) is 11.8 Å². The molecule has 3 heterocycles. The fourth-order valence-corrected chi connectivity index (χ4v) is 3.70. The molecule has 1 aromatic rings. The van der Waals surface area contributed by atoms with Crippen LogP contribution in [0.5, 0.6) is 5.75 Å². The highest BCUT2D eigenvalue weighted by Gasteiger charge is 2.46. The first-order valence-electron chi connectivity index (χ1n) is 8.58. The third-order valence-electron chi connectivity index (χ3n) is 5.18. The number of nitrogens with one attached hydrogen (secondary N) is 1. The van der Waals surface area contributed by atoms with E-state index in [1.807, 2.05) is 4.90 Å². The van der Waals surface area contributed by atoms with Crippen molar-refractivity contribution in [3.05, 3.63) is 23.3 Å². The van der Waals surface area contributed by atoms with Crippen molar-refractivity contribution >= 4 is 35.6 Å². The topological polar surface area (TPSA) is 113 Å². The summed E-state index contributed by atoms with van der Waals surface area (Å²) >= 11 is 0. The molecule has 1 unspecified atom stereocenters. The number of hydrogen-bond acceptors (Lipinski definition) is 7. The van der Waals surface area contributed by atoms with E-state index in [2.05, 4.69) is 5.32 Å². The van der Waals surface area contributed by atoms with Crippen LogP contribution >= 0.6 is 0 Å². The molecule has 3 aliphatic rings. The van der Waals surface area contributed by atoms with Crippen LogP contribution in [0.2, 0.25) is 0 Å². The Bertz CT molecular complexity index is 889. The molecule has 0 spiro atoms. The number of aldehydes is 1. The highest BCUT2D eigenvalue weighted by Crippen LogP contribution is 2.38. The number of carbonyl (C=O) groups is 5. The van der Waals surface area contributed by atoms with Crippen molar-refractivity contribution in [2.75, 3.05) is 25.1 Å². The van der Waals surface area contributed by atoms with Crippen LogP contribution in [-0.2, 0) is 14.4 Å². The molecule has 1 aromatic carbocycles. The van der Waals surface area contributed by atoms with Crippen molar-refractivity contribution in [1.29, 1.82) is 0 Å². The molecule has 2 fully saturated rings. The smallest absolute Gasteiger partial charge is 0.266 e. The summed E-state index contributed by atoms with van der Waals surface area (Å²) in [6, 6.07) is 2.22. The van der Waals surface area contributed by atoms with Gasteiger partial charge in [0.15, 0.2) is 0 Å². The number of rotatable bonds is 4. The van der Waals surface area contributed by atoms with E-state index < -0.39 is 29.7 Å². The first kappa shape index (κ1) is 17.2. The first-order chi connectivity index (χ1) is 12.9. The zero-order valence-corrected chi connectivity index (χ0v) is 14.6. The Hall–Kier alpha value is -3.23. The number of anilines is 1. The van der Waals surface area contributed by atoms with Gasteiger partial charge in [-0.3, -0.25) is 29.4 Å². The summed E-state index contributed by atoms with van der Waals surface area (Å²) in [5.41, 5.74) is 0.951. The van der Waals surface area contributed by atoms with Gasteiger partial charge in [-0.1, -0.05) is 0 Å². The number of carbonyl (C=O) groups excluding carboxylic acids is 5. The number of imide groups is 2. The van der Waals surface area contributed by atoms with Crippen molar-refractivity contribution in [3.8, 4) is 5.75 Å². The van der Waals surface area contributed by atoms with E-state index in [0.29, 0.717) is 18.8 Å². The molecule has 140 valence electrons. The second kappa shape index (κ2) is 6.19. The quantitative estimate of drug-likeness (QED) is 0.573. The number of piperidine rings is 1. The molecule has 3 aliphatic heterocycles. The molecule has 0 aromatic heterocycles. The molecule has 0 aliphatic carbocycles. The molecule has 0 bridgehead atoms. The van der Waals surface area contributed by atoms with Crippen LogP contribution < -0.4 is 15.0 Å². The van der Waals surface area contributed by atoms with Gasteiger partial charge in [-0.15, -0.1) is 0 Å². The number of nitrogens with zero attached hydrogens (tertiary/aromatic N) is 2. The van der Waals surface area contributed by atoms with Gasteiger partial charge in [-0.05, 0) is 12.5 Å². The van der Waals surface area contributed by atoms with Crippen LogP contribution in [0.1, 0.15) is 33.6 Å². The highest BCUT2D eigenvalue weighted by molar-refractivity contribution is 6.25. The third kappa shape index (κ3) is 2.57. The molecule has 27 heavy (non-hydrogen) atoms. The molecule has 1 atom stereocenters. The molecular formula is C18H17N3O6. The maximum Gasteiger partial charge on any atom is 0.266 e. The SMILES string of the molecule is COc1cc(N2CC(C=O)C2)cc2c1C(=O)N(C1CCC(=O)NC1=O)C2=O. The van der Waals surface area contributed by atoms with Crippen molar-refractivity contribution in [1.82, 2.24) is 10.2 Å². The maximum atomic E-state index is 12.9. The second-order valence-corrected chi connectivity index (χ2v) is 6.82. The van der Waals surface area contributed by atoms with Gasteiger partial charge in [0.2, 0.25) is 11.8 Å². The summed E-state index contributed by atoms with van der Waals surface area (Å²) in [6.07, 6.45) is 1.05. The lowest BCUT2D eigenvalue weighted by atomic mass is 9.99. The van der Waals surface area contributed by atoms with Gasteiger partial charge in [-0.25, -0.2) is 0 Å². The minimum absolute atomic E-state index is 0.0541. The van der Waals surface area contributed by atoms with Gasteiger partial charge in [0.1, 0.15) is 18.1 Å². The minimum atomic E-state index is -1.02. The average molecular weight is 371 g/mol. The number of benzene rings is 1. The van der Waals surface area contributed by atoms with Gasteiger partial charge in [0, 0.05) is 37.2 Å². The van der Waals surface area contributed by atoms with E-state index in [4.69, 9.17) is 4.74 Å².